The van der Waals surface area contributed by atoms with Crippen molar-refractivity contribution in [2.75, 3.05) is 6.61 Å². The molecular weight excluding hydrogens is 176 g/mol. The van der Waals surface area contributed by atoms with Crippen LogP contribution in [0.3, 0.4) is 0 Å². The first-order valence-electron chi connectivity index (χ1n) is 4.81. The Kier molecular flexibility index (Phi) is 2.66. The lowest BCUT2D eigenvalue weighted by atomic mass is 9.95. The predicted molar refractivity (Wildman–Crippen MR) is 55.8 cm³/mol. The lowest BCUT2D eigenvalue weighted by molar-refractivity contribution is 0.134. The summed E-state index contributed by atoms with van der Waals surface area (Å²) in [6.45, 7) is 5.33. The van der Waals surface area contributed by atoms with Gasteiger partial charge in [0, 0.05) is 6.61 Å². The van der Waals surface area contributed by atoms with Gasteiger partial charge in [0.15, 0.2) is 0 Å². The number of aliphatic hydroxyl groups is 1. The normalized spacial score (nSPS) is 14.1. The summed E-state index contributed by atoms with van der Waals surface area (Å²) in [5, 5.41) is 9.00. The molecule has 0 aliphatic carbocycles. The van der Waals surface area contributed by atoms with Crippen LogP contribution in [0.5, 0.6) is 0 Å². The number of fused-ring (bicyclic) bond motifs is 1. The number of rotatable bonds is 3. The molecule has 1 aliphatic rings. The van der Waals surface area contributed by atoms with E-state index in [2.05, 4.69) is 12.6 Å². The standard InChI is InChI=1S/C12H14O2/c1-2-9-3-4-10-7-14-8-12(10)11(9)5-6-13/h2-4,13H,1,5-8H2. The van der Waals surface area contributed by atoms with E-state index in [1.165, 1.54) is 16.7 Å². The monoisotopic (exact) mass is 190 g/mol. The van der Waals surface area contributed by atoms with E-state index in [1.54, 1.807) is 0 Å². The quantitative estimate of drug-likeness (QED) is 0.788. The Balaban J connectivity index is 2.50. The van der Waals surface area contributed by atoms with Gasteiger partial charge in [-0.15, -0.1) is 0 Å². The van der Waals surface area contributed by atoms with Crippen LogP contribution in [0.15, 0.2) is 18.7 Å². The molecule has 2 heteroatoms. The molecule has 0 saturated carbocycles. The van der Waals surface area contributed by atoms with Crippen molar-refractivity contribution in [3.8, 4) is 0 Å². The van der Waals surface area contributed by atoms with Gasteiger partial charge in [-0.1, -0.05) is 24.8 Å². The Bertz CT molecular complexity index is 356. The Hall–Kier alpha value is -1.12. The summed E-state index contributed by atoms with van der Waals surface area (Å²) in [4.78, 5) is 0. The zero-order chi connectivity index (χ0) is 9.97. The largest absolute Gasteiger partial charge is 0.396 e. The Labute approximate surface area is 83.8 Å². The minimum atomic E-state index is 0.178. The van der Waals surface area contributed by atoms with Crippen LogP contribution in [0, 0.1) is 0 Å². The van der Waals surface area contributed by atoms with Gasteiger partial charge < -0.3 is 9.84 Å². The highest BCUT2D eigenvalue weighted by Crippen LogP contribution is 2.27. The van der Waals surface area contributed by atoms with Crippen molar-refractivity contribution in [2.24, 2.45) is 0 Å². The molecule has 0 atom stereocenters. The molecule has 0 amide bonds. The molecule has 0 bridgehead atoms. The molecule has 14 heavy (non-hydrogen) atoms. The zero-order valence-electron chi connectivity index (χ0n) is 8.12. The van der Waals surface area contributed by atoms with Gasteiger partial charge in [0.25, 0.3) is 0 Å². The summed E-state index contributed by atoms with van der Waals surface area (Å²) in [6, 6.07) is 4.13. The van der Waals surface area contributed by atoms with Crippen LogP contribution >= 0.6 is 0 Å². The van der Waals surface area contributed by atoms with E-state index >= 15 is 0 Å². The molecule has 0 fully saturated rings. The number of benzene rings is 1. The molecule has 0 unspecified atom stereocenters. The average molecular weight is 190 g/mol. The molecule has 1 aromatic rings. The van der Waals surface area contributed by atoms with E-state index < -0.39 is 0 Å². The first-order chi connectivity index (χ1) is 6.86. The van der Waals surface area contributed by atoms with Crippen molar-refractivity contribution >= 4 is 6.08 Å². The molecule has 0 radical (unpaired) electrons. The highest BCUT2D eigenvalue weighted by Gasteiger charge is 2.16. The minimum absolute atomic E-state index is 0.178. The van der Waals surface area contributed by atoms with Crippen molar-refractivity contribution in [1.82, 2.24) is 0 Å². The minimum Gasteiger partial charge on any atom is -0.396 e. The van der Waals surface area contributed by atoms with Gasteiger partial charge in [-0.05, 0) is 28.7 Å². The fourth-order valence-corrected chi connectivity index (χ4v) is 1.94. The Morgan fingerprint density at radius 1 is 1.43 bits per heavy atom. The van der Waals surface area contributed by atoms with E-state index in [4.69, 9.17) is 9.84 Å². The summed E-state index contributed by atoms with van der Waals surface area (Å²) in [7, 11) is 0. The third-order valence-electron chi connectivity index (χ3n) is 2.65. The maximum absolute atomic E-state index is 9.00. The van der Waals surface area contributed by atoms with E-state index in [-0.39, 0.29) is 6.61 Å². The second kappa shape index (κ2) is 3.95. The summed E-state index contributed by atoms with van der Waals surface area (Å²) in [6.07, 6.45) is 2.53. The fraction of sp³-hybridized carbons (Fsp3) is 0.333. The zero-order valence-corrected chi connectivity index (χ0v) is 8.12. The van der Waals surface area contributed by atoms with Crippen molar-refractivity contribution in [1.29, 1.82) is 0 Å². The molecule has 0 spiro atoms. The third-order valence-corrected chi connectivity index (χ3v) is 2.65. The Morgan fingerprint density at radius 3 is 3.00 bits per heavy atom. The highest BCUT2D eigenvalue weighted by molar-refractivity contribution is 5.56. The second-order valence-corrected chi connectivity index (χ2v) is 3.44. The van der Waals surface area contributed by atoms with Crippen LogP contribution in [0.1, 0.15) is 22.3 Å². The fourth-order valence-electron chi connectivity index (χ4n) is 1.94. The molecule has 1 aliphatic heterocycles. The summed E-state index contributed by atoms with van der Waals surface area (Å²) in [5.41, 5.74) is 4.80. The van der Waals surface area contributed by atoms with Crippen molar-refractivity contribution in [2.45, 2.75) is 19.6 Å². The molecule has 1 aromatic carbocycles. The van der Waals surface area contributed by atoms with Crippen LogP contribution < -0.4 is 0 Å². The van der Waals surface area contributed by atoms with Gasteiger partial charge >= 0.3 is 0 Å². The van der Waals surface area contributed by atoms with Crippen LogP contribution in [-0.4, -0.2) is 11.7 Å². The smallest absolute Gasteiger partial charge is 0.0727 e. The van der Waals surface area contributed by atoms with Crippen LogP contribution in [-0.2, 0) is 24.4 Å². The predicted octanol–water partition coefficient (Wildman–Crippen LogP) is 1.89. The van der Waals surface area contributed by atoms with Crippen LogP contribution in [0.4, 0.5) is 0 Å². The molecule has 74 valence electrons. The summed E-state index contributed by atoms with van der Waals surface area (Å²) in [5.74, 6) is 0. The SMILES string of the molecule is C=Cc1ccc2c(c1CCO)COC2. The lowest BCUT2D eigenvalue weighted by Gasteiger charge is -2.09. The van der Waals surface area contributed by atoms with Gasteiger partial charge in [-0.2, -0.15) is 0 Å². The van der Waals surface area contributed by atoms with Crippen molar-refractivity contribution < 1.29 is 9.84 Å². The Morgan fingerprint density at radius 2 is 2.29 bits per heavy atom. The van der Waals surface area contributed by atoms with Gasteiger partial charge in [-0.3, -0.25) is 0 Å². The van der Waals surface area contributed by atoms with E-state index in [0.717, 1.165) is 5.56 Å². The maximum atomic E-state index is 9.00. The van der Waals surface area contributed by atoms with Gasteiger partial charge in [0.2, 0.25) is 0 Å². The first kappa shape index (κ1) is 9.44. The van der Waals surface area contributed by atoms with Gasteiger partial charge in [0.1, 0.15) is 0 Å². The van der Waals surface area contributed by atoms with Crippen molar-refractivity contribution in [3.05, 3.63) is 41.0 Å². The average Bonchev–Trinajstić information content (AvgIpc) is 2.67. The van der Waals surface area contributed by atoms with Gasteiger partial charge in [-0.25, -0.2) is 0 Å². The molecule has 2 nitrogen and oxygen atoms in total. The molecule has 1 heterocycles. The summed E-state index contributed by atoms with van der Waals surface area (Å²) < 4.78 is 5.39. The molecule has 1 N–H and O–H groups in total. The summed E-state index contributed by atoms with van der Waals surface area (Å²) >= 11 is 0. The molecular formula is C12H14O2. The number of aliphatic hydroxyl groups excluding tert-OH is 1. The maximum Gasteiger partial charge on any atom is 0.0727 e. The third kappa shape index (κ3) is 1.47. The van der Waals surface area contributed by atoms with E-state index in [1.807, 2.05) is 12.1 Å². The highest BCUT2D eigenvalue weighted by atomic mass is 16.5. The lowest BCUT2D eigenvalue weighted by Crippen LogP contribution is -2.00. The van der Waals surface area contributed by atoms with Crippen LogP contribution in [0.25, 0.3) is 6.08 Å². The number of hydrogen-bond donors (Lipinski definition) is 1. The topological polar surface area (TPSA) is 29.5 Å². The van der Waals surface area contributed by atoms with Crippen LogP contribution in [0.2, 0.25) is 0 Å². The van der Waals surface area contributed by atoms with Crippen molar-refractivity contribution in [3.63, 3.8) is 0 Å². The van der Waals surface area contributed by atoms with E-state index in [9.17, 15) is 0 Å². The first-order valence-corrected chi connectivity index (χ1v) is 4.81. The van der Waals surface area contributed by atoms with E-state index in [0.29, 0.717) is 19.6 Å². The second-order valence-electron chi connectivity index (χ2n) is 3.44. The molecule has 0 aromatic heterocycles. The number of ether oxygens (including phenoxy) is 1. The molecule has 2 rings (SSSR count). The number of hydrogen-bond acceptors (Lipinski definition) is 2. The van der Waals surface area contributed by atoms with Gasteiger partial charge in [0.05, 0.1) is 13.2 Å². The molecule has 0 saturated heterocycles.